The smallest absolute Gasteiger partial charge is 0.407 e. The zero-order valence-electron chi connectivity index (χ0n) is 20.1. The van der Waals surface area contributed by atoms with Crippen LogP contribution >= 0.6 is 0 Å². The largest absolute Gasteiger partial charge is 0.480 e. The van der Waals surface area contributed by atoms with E-state index in [1.165, 1.54) is 6.92 Å². The van der Waals surface area contributed by atoms with Gasteiger partial charge < -0.3 is 20.5 Å². The molecular formula is C27H34N2O5. The molecule has 1 aliphatic rings. The Labute approximate surface area is 200 Å². The highest BCUT2D eigenvalue weighted by molar-refractivity contribution is 5.91. The Bertz CT molecular complexity index is 992. The Kier molecular flexibility index (Phi) is 8.31. The normalized spacial score (nSPS) is 14.9. The van der Waals surface area contributed by atoms with Gasteiger partial charge in [-0.3, -0.25) is 4.79 Å². The van der Waals surface area contributed by atoms with E-state index >= 15 is 0 Å². The molecule has 182 valence electrons. The van der Waals surface area contributed by atoms with Gasteiger partial charge in [-0.2, -0.15) is 0 Å². The lowest BCUT2D eigenvalue weighted by Gasteiger charge is -2.28. The molecule has 34 heavy (non-hydrogen) atoms. The predicted octanol–water partition coefficient (Wildman–Crippen LogP) is 4.84. The van der Waals surface area contributed by atoms with Crippen LogP contribution in [0.4, 0.5) is 4.79 Å². The minimum Gasteiger partial charge on any atom is -0.480 e. The zero-order valence-corrected chi connectivity index (χ0v) is 20.1. The molecule has 0 spiro atoms. The average Bonchev–Trinajstić information content (AvgIpc) is 3.14. The molecule has 0 bridgehead atoms. The summed E-state index contributed by atoms with van der Waals surface area (Å²) in [5.41, 5.74) is 3.09. The summed E-state index contributed by atoms with van der Waals surface area (Å²) in [5, 5.41) is 14.9. The lowest BCUT2D eigenvalue weighted by atomic mass is 9.95. The van der Waals surface area contributed by atoms with Gasteiger partial charge in [0.05, 0.1) is 0 Å². The second-order valence-electron chi connectivity index (χ2n) is 9.04. The highest BCUT2D eigenvalue weighted by Crippen LogP contribution is 2.44. The lowest BCUT2D eigenvalue weighted by Crippen LogP contribution is -2.57. The van der Waals surface area contributed by atoms with Crippen molar-refractivity contribution >= 4 is 18.0 Å². The van der Waals surface area contributed by atoms with Gasteiger partial charge in [0.1, 0.15) is 18.2 Å². The fourth-order valence-corrected chi connectivity index (χ4v) is 4.54. The number of hydrogen-bond donors (Lipinski definition) is 3. The molecule has 0 heterocycles. The van der Waals surface area contributed by atoms with E-state index in [-0.39, 0.29) is 12.5 Å². The number of ether oxygens (including phenoxy) is 1. The molecule has 0 aromatic heterocycles. The monoisotopic (exact) mass is 466 g/mol. The molecule has 3 rings (SSSR count). The van der Waals surface area contributed by atoms with Gasteiger partial charge in [0.25, 0.3) is 0 Å². The fraction of sp³-hybridized carbons (Fsp3) is 0.444. The standard InChI is InChI=1S/C27H34N2O5/c1-4-6-15-23(24(30)29-27(3,16-5-2)25(31)32)28-26(33)34-17-22-20-13-9-7-11-18(20)19-12-8-10-14-21(19)22/h7-14,22-23H,4-6,15-17H2,1-3H3,(H,28,33)(H,29,30)(H,31,32)/t23-,27?/m0/s1. The number of nitrogens with one attached hydrogen (secondary N) is 2. The molecule has 7 nitrogen and oxygen atoms in total. The fourth-order valence-electron chi connectivity index (χ4n) is 4.54. The highest BCUT2D eigenvalue weighted by Gasteiger charge is 2.36. The van der Waals surface area contributed by atoms with E-state index in [0.717, 1.165) is 28.7 Å². The number of amides is 2. The van der Waals surface area contributed by atoms with Crippen LogP contribution in [0.3, 0.4) is 0 Å². The van der Waals surface area contributed by atoms with Gasteiger partial charge in [-0.1, -0.05) is 81.6 Å². The van der Waals surface area contributed by atoms with Crippen molar-refractivity contribution in [1.82, 2.24) is 10.6 Å². The summed E-state index contributed by atoms with van der Waals surface area (Å²) < 4.78 is 5.58. The van der Waals surface area contributed by atoms with Crippen molar-refractivity contribution < 1.29 is 24.2 Å². The number of benzene rings is 2. The number of carbonyl (C=O) groups is 3. The van der Waals surface area contributed by atoms with E-state index < -0.39 is 29.6 Å². The van der Waals surface area contributed by atoms with E-state index in [1.807, 2.05) is 50.2 Å². The third kappa shape index (κ3) is 5.58. The number of hydrogen-bond acceptors (Lipinski definition) is 4. The van der Waals surface area contributed by atoms with Crippen molar-refractivity contribution in [3.8, 4) is 11.1 Å². The molecule has 0 fully saturated rings. The van der Waals surface area contributed by atoms with E-state index in [4.69, 9.17) is 4.74 Å². The maximum Gasteiger partial charge on any atom is 0.407 e. The van der Waals surface area contributed by atoms with Crippen LogP contribution in [0.5, 0.6) is 0 Å². The number of alkyl carbamates (subject to hydrolysis) is 1. The summed E-state index contributed by atoms with van der Waals surface area (Å²) in [7, 11) is 0. The summed E-state index contributed by atoms with van der Waals surface area (Å²) >= 11 is 0. The van der Waals surface area contributed by atoms with E-state index in [0.29, 0.717) is 25.7 Å². The molecular weight excluding hydrogens is 432 g/mol. The van der Waals surface area contributed by atoms with E-state index in [2.05, 4.69) is 22.8 Å². The number of carboxylic acid groups (broad SMARTS) is 1. The second-order valence-corrected chi connectivity index (χ2v) is 9.04. The number of carboxylic acids is 1. The summed E-state index contributed by atoms with van der Waals surface area (Å²) in [6.07, 6.45) is 2.14. The van der Waals surface area contributed by atoms with Crippen molar-refractivity contribution in [3.05, 3.63) is 59.7 Å². The molecule has 2 atom stereocenters. The van der Waals surface area contributed by atoms with Gasteiger partial charge >= 0.3 is 12.1 Å². The summed E-state index contributed by atoms with van der Waals surface area (Å²) in [6.45, 7) is 5.48. The molecule has 0 saturated heterocycles. The van der Waals surface area contributed by atoms with Gasteiger partial charge in [0, 0.05) is 5.92 Å². The number of aliphatic carboxylic acids is 1. The third-order valence-corrected chi connectivity index (χ3v) is 6.42. The van der Waals surface area contributed by atoms with Crippen molar-refractivity contribution in [2.45, 2.75) is 70.4 Å². The zero-order chi connectivity index (χ0) is 24.7. The first kappa shape index (κ1) is 25.3. The lowest BCUT2D eigenvalue weighted by molar-refractivity contribution is -0.147. The van der Waals surface area contributed by atoms with Crippen LogP contribution in [0.15, 0.2) is 48.5 Å². The number of unbranched alkanes of at least 4 members (excludes halogenated alkanes) is 1. The maximum atomic E-state index is 12.9. The van der Waals surface area contributed by atoms with Crippen LogP contribution in [0.1, 0.15) is 69.9 Å². The Balaban J connectivity index is 1.67. The van der Waals surface area contributed by atoms with Gasteiger partial charge in [-0.25, -0.2) is 9.59 Å². The first-order valence-electron chi connectivity index (χ1n) is 12.0. The predicted molar refractivity (Wildman–Crippen MR) is 131 cm³/mol. The Morgan fingerprint density at radius 2 is 1.59 bits per heavy atom. The SMILES string of the molecule is CCCC[C@H](NC(=O)OCC1c2ccccc2-c2ccccc21)C(=O)NC(C)(CCC)C(=O)O. The highest BCUT2D eigenvalue weighted by atomic mass is 16.5. The Morgan fingerprint density at radius 1 is 1.00 bits per heavy atom. The molecule has 2 aromatic carbocycles. The quantitative estimate of drug-likeness (QED) is 0.439. The van der Waals surface area contributed by atoms with Crippen LogP contribution < -0.4 is 10.6 Å². The van der Waals surface area contributed by atoms with Crippen molar-refractivity contribution in [3.63, 3.8) is 0 Å². The number of rotatable bonds is 11. The summed E-state index contributed by atoms with van der Waals surface area (Å²) in [6, 6.07) is 15.3. The maximum absolute atomic E-state index is 12.9. The minimum absolute atomic E-state index is 0.0825. The molecule has 0 radical (unpaired) electrons. The summed E-state index contributed by atoms with van der Waals surface area (Å²) in [4.78, 5) is 37.3. The first-order chi connectivity index (χ1) is 16.3. The first-order valence-corrected chi connectivity index (χ1v) is 12.0. The molecule has 0 aliphatic heterocycles. The van der Waals surface area contributed by atoms with Crippen LogP contribution in [-0.4, -0.2) is 41.3 Å². The summed E-state index contributed by atoms with van der Waals surface area (Å²) in [5.74, 6) is -1.70. The topological polar surface area (TPSA) is 105 Å². The minimum atomic E-state index is -1.39. The van der Waals surface area contributed by atoms with Gasteiger partial charge in [-0.15, -0.1) is 0 Å². The van der Waals surface area contributed by atoms with Gasteiger partial charge in [0.15, 0.2) is 0 Å². The number of fused-ring (bicyclic) bond motifs is 3. The molecule has 2 amide bonds. The van der Waals surface area contributed by atoms with E-state index in [1.54, 1.807) is 0 Å². The molecule has 0 saturated carbocycles. The molecule has 1 unspecified atom stereocenters. The van der Waals surface area contributed by atoms with Crippen LogP contribution in [-0.2, 0) is 14.3 Å². The van der Waals surface area contributed by atoms with Crippen LogP contribution in [0, 0.1) is 0 Å². The van der Waals surface area contributed by atoms with Crippen LogP contribution in [0.2, 0.25) is 0 Å². The Hall–Kier alpha value is -3.35. The van der Waals surface area contributed by atoms with Gasteiger partial charge in [-0.05, 0) is 42.0 Å². The third-order valence-electron chi connectivity index (χ3n) is 6.42. The molecule has 3 N–H and O–H groups in total. The Morgan fingerprint density at radius 3 is 2.12 bits per heavy atom. The number of carbonyl (C=O) groups excluding carboxylic acids is 2. The molecule has 7 heteroatoms. The molecule has 2 aromatic rings. The second kappa shape index (κ2) is 11.2. The average molecular weight is 467 g/mol. The van der Waals surface area contributed by atoms with Gasteiger partial charge in [0.2, 0.25) is 5.91 Å². The van der Waals surface area contributed by atoms with Crippen LogP contribution in [0.25, 0.3) is 11.1 Å². The van der Waals surface area contributed by atoms with Crippen molar-refractivity contribution in [2.24, 2.45) is 0 Å². The van der Waals surface area contributed by atoms with Crippen molar-refractivity contribution in [1.29, 1.82) is 0 Å². The van der Waals surface area contributed by atoms with E-state index in [9.17, 15) is 19.5 Å². The molecule has 1 aliphatic carbocycles. The van der Waals surface area contributed by atoms with Crippen molar-refractivity contribution in [2.75, 3.05) is 6.61 Å².